The lowest BCUT2D eigenvalue weighted by atomic mass is 9.82. The van der Waals surface area contributed by atoms with E-state index < -0.39 is 72.5 Å². The first-order chi connectivity index (χ1) is 29.5. The van der Waals surface area contributed by atoms with Gasteiger partial charge >= 0.3 is 24.3 Å². The van der Waals surface area contributed by atoms with Gasteiger partial charge in [0.15, 0.2) is 11.1 Å². The Morgan fingerprint density at radius 1 is 0.516 bits per heavy atom. The monoisotopic (exact) mass is 868 g/mol. The summed E-state index contributed by atoms with van der Waals surface area (Å²) in [6.45, 7) is 3.73. The molecule has 0 fully saturated rings. The summed E-state index contributed by atoms with van der Waals surface area (Å²) in [5.74, 6) is -5.42. The Morgan fingerprint density at radius 2 is 0.823 bits per heavy atom. The van der Waals surface area contributed by atoms with Gasteiger partial charge in [-0.2, -0.15) is 26.3 Å². The molecule has 2 amide bonds. The van der Waals surface area contributed by atoms with Crippen molar-refractivity contribution in [1.29, 1.82) is 0 Å². The minimum Gasteiger partial charge on any atom is -0.434 e. The van der Waals surface area contributed by atoms with E-state index in [0.29, 0.717) is 37.8 Å². The molecule has 0 aliphatic heterocycles. The van der Waals surface area contributed by atoms with E-state index in [9.17, 15) is 19.2 Å². The Balaban J connectivity index is 1.58. The lowest BCUT2D eigenvalue weighted by Crippen LogP contribution is -2.61. The summed E-state index contributed by atoms with van der Waals surface area (Å²) >= 11 is 0. The van der Waals surface area contributed by atoms with Gasteiger partial charge in [-0.3, -0.25) is 20.2 Å². The molecule has 0 saturated carbocycles. The number of unbranched alkanes of at least 4 members (excludes halogenated alkanes) is 2. The van der Waals surface area contributed by atoms with Crippen LogP contribution in [0.5, 0.6) is 0 Å². The first kappa shape index (κ1) is 48.7. The maximum absolute atomic E-state index is 15.2. The van der Waals surface area contributed by atoms with Crippen molar-refractivity contribution in [1.82, 2.24) is 21.3 Å². The van der Waals surface area contributed by atoms with E-state index in [-0.39, 0.29) is 35.3 Å². The highest BCUT2D eigenvalue weighted by Crippen LogP contribution is 2.43. The van der Waals surface area contributed by atoms with Gasteiger partial charge < -0.3 is 20.1 Å². The molecule has 0 aliphatic rings. The van der Waals surface area contributed by atoms with Gasteiger partial charge in [0.2, 0.25) is 12.5 Å². The highest BCUT2D eigenvalue weighted by atomic mass is 19.4. The lowest BCUT2D eigenvalue weighted by Gasteiger charge is -2.38. The smallest absolute Gasteiger partial charge is 0.416 e. The number of hydrogen-bond donors (Lipinski definition) is 4. The predicted octanol–water partition coefficient (Wildman–Crippen LogP) is 7.69. The zero-order valence-electron chi connectivity index (χ0n) is 34.2. The standard InChI is InChI=1S/C46H50F6N4O6/c1-3-5-29-53-41(39(59)55-43(45(47,48)49,35-23-15-9-16-24-35)31-33-19-11-7-12-20-33)61-37(57)27-28-38(58)62-42(54-30-6-4-2)40(60)56-44(46(50,51)52,36-25-17-10-18-26-36)32-34-21-13-8-14-22-34/h7-28,41-42,53-54H,3-6,29-32H2,1-2H3,(H,55,59)(H,56,60)/b28-27-. The molecule has 4 aromatic carbocycles. The van der Waals surface area contributed by atoms with Crippen molar-refractivity contribution in [3.8, 4) is 0 Å². The van der Waals surface area contributed by atoms with Crippen LogP contribution in [0.25, 0.3) is 0 Å². The van der Waals surface area contributed by atoms with Crippen molar-refractivity contribution >= 4 is 23.8 Å². The van der Waals surface area contributed by atoms with Crippen molar-refractivity contribution < 1.29 is 55.0 Å². The van der Waals surface area contributed by atoms with Gasteiger partial charge in [-0.15, -0.1) is 0 Å². The van der Waals surface area contributed by atoms with Crippen molar-refractivity contribution in [2.24, 2.45) is 0 Å². The van der Waals surface area contributed by atoms with Crippen molar-refractivity contribution in [3.63, 3.8) is 0 Å². The molecular weight excluding hydrogens is 819 g/mol. The van der Waals surface area contributed by atoms with Crippen LogP contribution in [-0.4, -0.2) is 61.7 Å². The van der Waals surface area contributed by atoms with Gasteiger partial charge in [0.25, 0.3) is 11.8 Å². The zero-order valence-corrected chi connectivity index (χ0v) is 34.2. The summed E-state index contributed by atoms with van der Waals surface area (Å²) in [5.41, 5.74) is -6.02. The van der Waals surface area contributed by atoms with E-state index in [2.05, 4.69) is 21.3 Å². The van der Waals surface area contributed by atoms with E-state index in [1.54, 1.807) is 36.4 Å². The van der Waals surface area contributed by atoms with Gasteiger partial charge in [0.05, 0.1) is 0 Å². The first-order valence-electron chi connectivity index (χ1n) is 20.1. The third-order valence-corrected chi connectivity index (χ3v) is 9.82. The molecule has 0 heterocycles. The minimum absolute atomic E-state index is 0.0452. The minimum atomic E-state index is -5.06. The number of rotatable bonds is 22. The molecule has 4 unspecified atom stereocenters. The number of hydrogen-bond acceptors (Lipinski definition) is 8. The number of carbonyl (C=O) groups is 4. The topological polar surface area (TPSA) is 135 Å². The van der Waals surface area contributed by atoms with E-state index in [1.807, 2.05) is 13.8 Å². The normalized spacial score (nSPS) is 14.8. The largest absolute Gasteiger partial charge is 0.434 e. The Morgan fingerprint density at radius 3 is 1.11 bits per heavy atom. The van der Waals surface area contributed by atoms with Crippen LogP contribution in [-0.2, 0) is 52.6 Å². The van der Waals surface area contributed by atoms with E-state index in [1.165, 1.54) is 84.9 Å². The van der Waals surface area contributed by atoms with Gasteiger partial charge in [-0.25, -0.2) is 9.59 Å². The Labute approximate surface area is 356 Å². The fourth-order valence-corrected chi connectivity index (χ4v) is 6.55. The summed E-state index contributed by atoms with van der Waals surface area (Å²) < 4.78 is 102. The summed E-state index contributed by atoms with van der Waals surface area (Å²) in [4.78, 5) is 53.8. The summed E-state index contributed by atoms with van der Waals surface area (Å²) in [7, 11) is 0. The van der Waals surface area contributed by atoms with Crippen LogP contribution in [0.3, 0.4) is 0 Å². The molecule has 332 valence electrons. The molecule has 0 bridgehead atoms. The molecule has 0 spiro atoms. The second-order valence-corrected chi connectivity index (χ2v) is 14.4. The van der Waals surface area contributed by atoms with Crippen LogP contribution >= 0.6 is 0 Å². The molecule has 0 radical (unpaired) electrons. The van der Waals surface area contributed by atoms with Gasteiger partial charge in [0.1, 0.15) is 0 Å². The number of esters is 2. The number of alkyl halides is 6. The molecule has 4 N–H and O–H groups in total. The van der Waals surface area contributed by atoms with Crippen LogP contribution in [0.15, 0.2) is 133 Å². The maximum atomic E-state index is 15.2. The lowest BCUT2D eigenvalue weighted by molar-refractivity contribution is -0.205. The Hall–Kier alpha value is -6.00. The molecule has 10 nitrogen and oxygen atoms in total. The van der Waals surface area contributed by atoms with Crippen molar-refractivity contribution in [3.05, 3.63) is 156 Å². The summed E-state index contributed by atoms with van der Waals surface area (Å²) in [6, 6.07) is 28.9. The fraction of sp³-hybridized carbons (Fsp3) is 0.348. The van der Waals surface area contributed by atoms with E-state index in [0.717, 1.165) is 0 Å². The van der Waals surface area contributed by atoms with Gasteiger partial charge in [0, 0.05) is 25.0 Å². The zero-order chi connectivity index (χ0) is 45.2. The SMILES string of the molecule is CCCCNC(OC(=O)/C=C\C(=O)OC(NCCCC)C(=O)NC(Cc1ccccc1)(c1ccccc1)C(F)(F)F)C(=O)NC(Cc1ccccc1)(c1ccccc1)C(F)(F)F. The number of halogens is 6. The predicted molar refractivity (Wildman–Crippen MR) is 220 cm³/mol. The van der Waals surface area contributed by atoms with Crippen LogP contribution in [0.2, 0.25) is 0 Å². The van der Waals surface area contributed by atoms with Gasteiger partial charge in [-0.1, -0.05) is 148 Å². The maximum Gasteiger partial charge on any atom is 0.416 e. The molecule has 16 heteroatoms. The van der Waals surface area contributed by atoms with E-state index >= 15 is 26.3 Å². The summed E-state index contributed by atoms with van der Waals surface area (Å²) in [6.07, 6.45) is -12.4. The van der Waals surface area contributed by atoms with Crippen molar-refractivity contribution in [2.75, 3.05) is 13.1 Å². The van der Waals surface area contributed by atoms with Crippen LogP contribution in [0.4, 0.5) is 26.3 Å². The molecular formula is C46H50F6N4O6. The highest BCUT2D eigenvalue weighted by molar-refractivity contribution is 5.94. The molecule has 0 aromatic heterocycles. The second-order valence-electron chi connectivity index (χ2n) is 14.4. The molecule has 62 heavy (non-hydrogen) atoms. The average molecular weight is 869 g/mol. The van der Waals surface area contributed by atoms with Crippen molar-refractivity contribution in [2.45, 2.75) is 88.3 Å². The average Bonchev–Trinajstić information content (AvgIpc) is 3.25. The fourth-order valence-electron chi connectivity index (χ4n) is 6.55. The van der Waals surface area contributed by atoms with Crippen LogP contribution < -0.4 is 21.3 Å². The number of ether oxygens (including phenoxy) is 2. The number of amides is 2. The van der Waals surface area contributed by atoms with Crippen LogP contribution in [0.1, 0.15) is 61.8 Å². The van der Waals surface area contributed by atoms with Gasteiger partial charge in [-0.05, 0) is 48.2 Å². The quantitative estimate of drug-likeness (QED) is 0.0208. The first-order valence-corrected chi connectivity index (χ1v) is 20.1. The molecule has 4 rings (SSSR count). The molecule has 0 saturated heterocycles. The number of nitrogens with one attached hydrogen (secondary N) is 4. The van der Waals surface area contributed by atoms with E-state index in [4.69, 9.17) is 9.47 Å². The third-order valence-electron chi connectivity index (χ3n) is 9.82. The summed E-state index contributed by atoms with van der Waals surface area (Å²) in [5, 5.41) is 9.48. The molecule has 0 aliphatic carbocycles. The molecule has 4 aromatic rings. The Kier molecular flexibility index (Phi) is 17.8. The Bertz CT molecular complexity index is 1910. The highest BCUT2D eigenvalue weighted by Gasteiger charge is 2.58. The number of carbonyl (C=O) groups excluding carboxylic acids is 4. The number of benzene rings is 4. The molecule has 4 atom stereocenters. The second kappa shape index (κ2) is 22.7. The third kappa shape index (κ3) is 13.2. The van der Waals surface area contributed by atoms with Crippen LogP contribution in [0, 0.1) is 0 Å².